The Bertz CT molecular complexity index is 334. The van der Waals surface area contributed by atoms with Crippen molar-refractivity contribution in [2.75, 3.05) is 45.9 Å². The van der Waals surface area contributed by atoms with Gasteiger partial charge in [-0.15, -0.1) is 24.8 Å². The molecule has 1 unspecified atom stereocenters. The summed E-state index contributed by atoms with van der Waals surface area (Å²) >= 11 is 0. The van der Waals surface area contributed by atoms with E-state index in [0.29, 0.717) is 18.4 Å². The van der Waals surface area contributed by atoms with Crippen molar-refractivity contribution in [3.05, 3.63) is 0 Å². The number of ether oxygens (including phenoxy) is 1. The van der Waals surface area contributed by atoms with Gasteiger partial charge in [0.1, 0.15) is 0 Å². The third-order valence-corrected chi connectivity index (χ3v) is 5.03. The average Bonchev–Trinajstić information content (AvgIpc) is 2.55. The van der Waals surface area contributed by atoms with E-state index in [2.05, 4.69) is 29.4 Å². The molecule has 1 atom stereocenters. The third kappa shape index (κ3) is 8.34. The maximum atomic E-state index is 12.1. The highest BCUT2D eigenvalue weighted by Gasteiger charge is 2.24. The summed E-state index contributed by atoms with van der Waals surface area (Å²) in [6.45, 7) is 11.0. The third-order valence-electron chi connectivity index (χ3n) is 5.03. The van der Waals surface area contributed by atoms with Gasteiger partial charge in [-0.2, -0.15) is 0 Å². The molecule has 7 heteroatoms. The highest BCUT2D eigenvalue weighted by atomic mass is 35.5. The first-order valence-corrected chi connectivity index (χ1v) is 8.96. The highest BCUT2D eigenvalue weighted by Crippen LogP contribution is 2.17. The van der Waals surface area contributed by atoms with Gasteiger partial charge in [-0.3, -0.25) is 9.69 Å². The standard InChI is InChI=1S/C17H33N3O2.2ClH/c1-14(2)16(20-9-11-22-12-10-20)13-19-17(21)4-3-15-5-7-18-8-6-15;;/h14-16,18H,3-13H2,1-2H3,(H,19,21);2*1H. The molecule has 2 aliphatic rings. The molecule has 24 heavy (non-hydrogen) atoms. The lowest BCUT2D eigenvalue weighted by Crippen LogP contribution is -2.51. The topological polar surface area (TPSA) is 53.6 Å². The zero-order valence-electron chi connectivity index (χ0n) is 15.1. The molecular weight excluding hydrogens is 349 g/mol. The number of rotatable bonds is 7. The van der Waals surface area contributed by atoms with Crippen LogP contribution in [0.5, 0.6) is 0 Å². The Kier molecular flexibility index (Phi) is 13.1. The van der Waals surface area contributed by atoms with Gasteiger partial charge in [0.25, 0.3) is 0 Å². The van der Waals surface area contributed by atoms with Gasteiger partial charge in [-0.05, 0) is 44.2 Å². The van der Waals surface area contributed by atoms with Crippen molar-refractivity contribution in [3.8, 4) is 0 Å². The summed E-state index contributed by atoms with van der Waals surface area (Å²) in [7, 11) is 0. The van der Waals surface area contributed by atoms with Gasteiger partial charge in [0, 0.05) is 32.1 Å². The Morgan fingerprint density at radius 2 is 1.83 bits per heavy atom. The Morgan fingerprint density at radius 3 is 2.42 bits per heavy atom. The van der Waals surface area contributed by atoms with Gasteiger partial charge in [-0.25, -0.2) is 0 Å². The van der Waals surface area contributed by atoms with Gasteiger partial charge in [-0.1, -0.05) is 13.8 Å². The Balaban J connectivity index is 0.00000264. The first-order valence-electron chi connectivity index (χ1n) is 8.96. The number of amides is 1. The van der Waals surface area contributed by atoms with Gasteiger partial charge in [0.05, 0.1) is 13.2 Å². The van der Waals surface area contributed by atoms with Crippen LogP contribution in [0.2, 0.25) is 0 Å². The molecule has 2 heterocycles. The summed E-state index contributed by atoms with van der Waals surface area (Å²) in [6.07, 6.45) is 4.15. The normalized spacial score (nSPS) is 20.8. The summed E-state index contributed by atoms with van der Waals surface area (Å²) in [5, 5.41) is 6.54. The van der Waals surface area contributed by atoms with Crippen molar-refractivity contribution in [1.82, 2.24) is 15.5 Å². The van der Waals surface area contributed by atoms with Crippen LogP contribution < -0.4 is 10.6 Å². The van der Waals surface area contributed by atoms with Crippen LogP contribution >= 0.6 is 24.8 Å². The molecule has 0 aromatic carbocycles. The van der Waals surface area contributed by atoms with E-state index in [9.17, 15) is 4.79 Å². The molecule has 5 nitrogen and oxygen atoms in total. The first-order chi connectivity index (χ1) is 10.7. The minimum absolute atomic E-state index is 0. The summed E-state index contributed by atoms with van der Waals surface area (Å²) < 4.78 is 5.43. The van der Waals surface area contributed by atoms with Crippen molar-refractivity contribution >= 4 is 30.7 Å². The molecule has 0 saturated carbocycles. The molecule has 2 aliphatic heterocycles. The molecule has 0 radical (unpaired) electrons. The number of hydrogen-bond donors (Lipinski definition) is 2. The fourth-order valence-corrected chi connectivity index (χ4v) is 3.51. The molecule has 0 aromatic heterocycles. The number of nitrogens with one attached hydrogen (secondary N) is 2. The molecular formula is C17H35Cl2N3O2. The predicted molar refractivity (Wildman–Crippen MR) is 103 cm³/mol. The average molecular weight is 384 g/mol. The highest BCUT2D eigenvalue weighted by molar-refractivity contribution is 5.85. The predicted octanol–water partition coefficient (Wildman–Crippen LogP) is 2.08. The van der Waals surface area contributed by atoms with E-state index in [1.54, 1.807) is 0 Å². The lowest BCUT2D eigenvalue weighted by Gasteiger charge is -2.37. The largest absolute Gasteiger partial charge is 0.379 e. The van der Waals surface area contributed by atoms with E-state index in [0.717, 1.165) is 58.3 Å². The molecule has 0 spiro atoms. The summed E-state index contributed by atoms with van der Waals surface area (Å²) in [6, 6.07) is 0.423. The van der Waals surface area contributed by atoms with Crippen LogP contribution in [0.25, 0.3) is 0 Å². The molecule has 0 bridgehead atoms. The molecule has 0 aromatic rings. The van der Waals surface area contributed by atoms with E-state index in [-0.39, 0.29) is 30.7 Å². The fraction of sp³-hybridized carbons (Fsp3) is 0.941. The smallest absolute Gasteiger partial charge is 0.220 e. The van der Waals surface area contributed by atoms with Crippen LogP contribution in [0.15, 0.2) is 0 Å². The van der Waals surface area contributed by atoms with Gasteiger partial charge < -0.3 is 15.4 Å². The molecule has 2 saturated heterocycles. The lowest BCUT2D eigenvalue weighted by molar-refractivity contribution is -0.121. The lowest BCUT2D eigenvalue weighted by atomic mass is 9.93. The van der Waals surface area contributed by atoms with Gasteiger partial charge in [0.15, 0.2) is 0 Å². The monoisotopic (exact) mass is 383 g/mol. The minimum atomic E-state index is 0. The molecule has 2 rings (SSSR count). The molecule has 1 amide bonds. The van der Waals surface area contributed by atoms with Crippen LogP contribution in [0.3, 0.4) is 0 Å². The van der Waals surface area contributed by atoms with Crippen molar-refractivity contribution < 1.29 is 9.53 Å². The second-order valence-corrected chi connectivity index (χ2v) is 7.00. The second kappa shape index (κ2) is 13.2. The van der Waals surface area contributed by atoms with E-state index in [1.807, 2.05) is 0 Å². The maximum absolute atomic E-state index is 12.1. The zero-order chi connectivity index (χ0) is 15.8. The molecule has 144 valence electrons. The van der Waals surface area contributed by atoms with Gasteiger partial charge in [0.2, 0.25) is 5.91 Å². The summed E-state index contributed by atoms with van der Waals surface area (Å²) in [4.78, 5) is 14.6. The maximum Gasteiger partial charge on any atom is 0.220 e. The Labute approximate surface area is 159 Å². The van der Waals surface area contributed by atoms with Crippen molar-refractivity contribution in [3.63, 3.8) is 0 Å². The van der Waals surface area contributed by atoms with Crippen LogP contribution in [0.4, 0.5) is 0 Å². The van der Waals surface area contributed by atoms with E-state index in [1.165, 1.54) is 12.8 Å². The van der Waals surface area contributed by atoms with Crippen molar-refractivity contribution in [2.45, 2.75) is 45.6 Å². The number of carbonyl (C=O) groups is 1. The number of halogens is 2. The fourth-order valence-electron chi connectivity index (χ4n) is 3.51. The van der Waals surface area contributed by atoms with Gasteiger partial charge >= 0.3 is 0 Å². The number of nitrogens with zero attached hydrogens (tertiary/aromatic N) is 1. The second-order valence-electron chi connectivity index (χ2n) is 7.00. The number of piperidine rings is 1. The van der Waals surface area contributed by atoms with E-state index in [4.69, 9.17) is 4.74 Å². The number of morpholine rings is 1. The quantitative estimate of drug-likeness (QED) is 0.706. The van der Waals surface area contributed by atoms with Crippen LogP contribution in [-0.2, 0) is 9.53 Å². The number of hydrogen-bond acceptors (Lipinski definition) is 4. The Morgan fingerprint density at radius 1 is 1.21 bits per heavy atom. The summed E-state index contributed by atoms with van der Waals surface area (Å²) in [5.74, 6) is 1.49. The summed E-state index contributed by atoms with van der Waals surface area (Å²) in [5.41, 5.74) is 0. The van der Waals surface area contributed by atoms with Crippen LogP contribution in [0, 0.1) is 11.8 Å². The van der Waals surface area contributed by atoms with E-state index >= 15 is 0 Å². The van der Waals surface area contributed by atoms with Crippen LogP contribution in [-0.4, -0.2) is 62.8 Å². The molecule has 2 fully saturated rings. The van der Waals surface area contributed by atoms with E-state index < -0.39 is 0 Å². The zero-order valence-corrected chi connectivity index (χ0v) is 16.7. The van der Waals surface area contributed by atoms with Crippen molar-refractivity contribution in [1.29, 1.82) is 0 Å². The SMILES string of the molecule is CC(C)C(CNC(=O)CCC1CCNCC1)N1CCOCC1.Cl.Cl. The minimum Gasteiger partial charge on any atom is -0.379 e. The molecule has 0 aliphatic carbocycles. The Hall–Kier alpha value is -0.0700. The van der Waals surface area contributed by atoms with Crippen molar-refractivity contribution in [2.24, 2.45) is 11.8 Å². The van der Waals surface area contributed by atoms with Crippen LogP contribution in [0.1, 0.15) is 39.5 Å². The first kappa shape index (κ1) is 23.9. The molecule has 2 N–H and O–H groups in total. The number of carbonyl (C=O) groups excluding carboxylic acids is 1.